The van der Waals surface area contributed by atoms with Gasteiger partial charge >= 0.3 is 5.97 Å². The van der Waals surface area contributed by atoms with Gasteiger partial charge in [0.05, 0.1) is 5.69 Å². The summed E-state index contributed by atoms with van der Waals surface area (Å²) in [4.78, 5) is 21.2. The highest BCUT2D eigenvalue weighted by Crippen LogP contribution is 2.30. The molecule has 0 radical (unpaired) electrons. The van der Waals surface area contributed by atoms with E-state index in [0.717, 1.165) is 11.1 Å². The smallest absolute Gasteiger partial charge is 0.326 e. The first-order chi connectivity index (χ1) is 11.9. The molecule has 0 spiro atoms. The Morgan fingerprint density at radius 2 is 2.00 bits per heavy atom. The van der Waals surface area contributed by atoms with Crippen LogP contribution in [0.5, 0.6) is 0 Å². The Bertz CT molecular complexity index is 811. The van der Waals surface area contributed by atoms with Crippen LogP contribution in [-0.2, 0) is 4.79 Å². The van der Waals surface area contributed by atoms with E-state index in [2.05, 4.69) is 9.97 Å². The lowest BCUT2D eigenvalue weighted by Gasteiger charge is -2.22. The van der Waals surface area contributed by atoms with Crippen molar-refractivity contribution < 1.29 is 18.7 Å². The third-order valence-corrected chi connectivity index (χ3v) is 4.56. The van der Waals surface area contributed by atoms with Crippen LogP contribution in [0.4, 0.5) is 14.7 Å². The average Bonchev–Trinajstić information content (AvgIpc) is 3.07. The lowest BCUT2D eigenvalue weighted by molar-refractivity contribution is -0.138. The van der Waals surface area contributed by atoms with Crippen molar-refractivity contribution in [2.24, 2.45) is 0 Å². The zero-order valence-electron chi connectivity index (χ0n) is 14.0. The standard InChI is InChI=1S/C18H19F2N3O2/c1-10-5-6-12(8-11(10)2)13-9-14(16(19)20)22-18(21-13)23-7-3-4-15(23)17(24)25/h5-6,8-9,15-16H,3-4,7H2,1-2H3,(H,24,25). The molecule has 2 heterocycles. The van der Waals surface area contributed by atoms with Crippen LogP contribution < -0.4 is 4.90 Å². The zero-order chi connectivity index (χ0) is 18.1. The van der Waals surface area contributed by atoms with E-state index >= 15 is 0 Å². The van der Waals surface area contributed by atoms with Crippen LogP contribution in [0.3, 0.4) is 0 Å². The van der Waals surface area contributed by atoms with Crippen LogP contribution in [0.1, 0.15) is 36.1 Å². The summed E-state index contributed by atoms with van der Waals surface area (Å²) in [6.45, 7) is 4.35. The highest BCUT2D eigenvalue weighted by molar-refractivity contribution is 5.78. The molecule has 7 heteroatoms. The number of carboxylic acid groups (broad SMARTS) is 1. The molecule has 1 aliphatic rings. The van der Waals surface area contributed by atoms with E-state index in [9.17, 15) is 18.7 Å². The fourth-order valence-corrected chi connectivity index (χ4v) is 3.00. The molecule has 3 rings (SSSR count). The third kappa shape index (κ3) is 3.45. The quantitative estimate of drug-likeness (QED) is 0.912. The number of carboxylic acids is 1. The van der Waals surface area contributed by atoms with Crippen molar-refractivity contribution >= 4 is 11.9 Å². The Morgan fingerprint density at radius 1 is 1.24 bits per heavy atom. The molecule has 1 fully saturated rings. The lowest BCUT2D eigenvalue weighted by atomic mass is 10.0. The van der Waals surface area contributed by atoms with Gasteiger partial charge in [-0.25, -0.2) is 23.5 Å². The van der Waals surface area contributed by atoms with Crippen molar-refractivity contribution in [1.29, 1.82) is 0 Å². The molecular weight excluding hydrogens is 328 g/mol. The molecule has 2 aromatic rings. The maximum absolute atomic E-state index is 13.3. The molecule has 0 bridgehead atoms. The number of carbonyl (C=O) groups is 1. The number of hydrogen-bond donors (Lipinski definition) is 1. The minimum atomic E-state index is -2.75. The normalized spacial score (nSPS) is 17.3. The number of anilines is 1. The van der Waals surface area contributed by atoms with Gasteiger partial charge in [-0.15, -0.1) is 0 Å². The van der Waals surface area contributed by atoms with Gasteiger partial charge in [0.15, 0.2) is 0 Å². The average molecular weight is 347 g/mol. The molecular formula is C18H19F2N3O2. The second-order valence-corrected chi connectivity index (χ2v) is 6.27. The van der Waals surface area contributed by atoms with Gasteiger partial charge in [0.1, 0.15) is 11.7 Å². The van der Waals surface area contributed by atoms with Crippen LogP contribution in [-0.4, -0.2) is 33.6 Å². The van der Waals surface area contributed by atoms with Gasteiger partial charge in [0.2, 0.25) is 5.95 Å². The maximum atomic E-state index is 13.3. The second-order valence-electron chi connectivity index (χ2n) is 6.27. The monoisotopic (exact) mass is 347 g/mol. The maximum Gasteiger partial charge on any atom is 0.326 e. The summed E-state index contributed by atoms with van der Waals surface area (Å²) in [6.07, 6.45) is -1.63. The molecule has 0 aliphatic carbocycles. The number of rotatable bonds is 4. The molecule has 1 aromatic heterocycles. The number of alkyl halides is 2. The zero-order valence-corrected chi connectivity index (χ0v) is 14.0. The number of aliphatic carboxylic acids is 1. The fourth-order valence-electron chi connectivity index (χ4n) is 3.00. The van der Waals surface area contributed by atoms with Gasteiger partial charge in [-0.05, 0) is 49.9 Å². The first-order valence-corrected chi connectivity index (χ1v) is 8.11. The number of benzene rings is 1. The second kappa shape index (κ2) is 6.74. The summed E-state index contributed by atoms with van der Waals surface area (Å²) in [7, 11) is 0. The van der Waals surface area contributed by atoms with Crippen LogP contribution in [0.2, 0.25) is 0 Å². The van der Waals surface area contributed by atoms with Gasteiger partial charge < -0.3 is 10.0 Å². The van der Waals surface area contributed by atoms with Crippen molar-refractivity contribution in [3.05, 3.63) is 41.1 Å². The van der Waals surface area contributed by atoms with Gasteiger partial charge in [-0.3, -0.25) is 0 Å². The highest BCUT2D eigenvalue weighted by Gasteiger charge is 2.33. The molecule has 1 saturated heterocycles. The minimum Gasteiger partial charge on any atom is -0.480 e. The molecule has 5 nitrogen and oxygen atoms in total. The largest absolute Gasteiger partial charge is 0.480 e. The molecule has 1 aliphatic heterocycles. The molecule has 0 amide bonds. The van der Waals surface area contributed by atoms with Crippen LogP contribution in [0.15, 0.2) is 24.3 Å². The van der Waals surface area contributed by atoms with E-state index in [1.807, 2.05) is 32.0 Å². The molecule has 1 unspecified atom stereocenters. The highest BCUT2D eigenvalue weighted by atomic mass is 19.3. The Morgan fingerprint density at radius 3 is 2.64 bits per heavy atom. The van der Waals surface area contributed by atoms with Crippen molar-refractivity contribution in [1.82, 2.24) is 9.97 Å². The molecule has 1 atom stereocenters. The van der Waals surface area contributed by atoms with Crippen molar-refractivity contribution in [2.45, 2.75) is 39.2 Å². The molecule has 1 N–H and O–H groups in total. The molecule has 25 heavy (non-hydrogen) atoms. The van der Waals surface area contributed by atoms with Crippen LogP contribution in [0, 0.1) is 13.8 Å². The van der Waals surface area contributed by atoms with E-state index in [4.69, 9.17) is 0 Å². The first kappa shape index (κ1) is 17.3. The summed E-state index contributed by atoms with van der Waals surface area (Å²) in [5.74, 6) is -0.938. The van der Waals surface area contributed by atoms with Gasteiger partial charge in [-0.2, -0.15) is 0 Å². The Labute approximate surface area is 144 Å². The first-order valence-electron chi connectivity index (χ1n) is 8.11. The van der Waals surface area contributed by atoms with E-state index in [0.29, 0.717) is 30.6 Å². The number of nitrogens with zero attached hydrogens (tertiary/aromatic N) is 3. The van der Waals surface area contributed by atoms with Gasteiger partial charge in [0, 0.05) is 12.1 Å². The molecule has 0 saturated carbocycles. The van der Waals surface area contributed by atoms with Crippen molar-refractivity contribution in [3.63, 3.8) is 0 Å². The van der Waals surface area contributed by atoms with E-state index in [1.54, 1.807) is 0 Å². The summed E-state index contributed by atoms with van der Waals surface area (Å²) in [5.41, 5.74) is 2.81. The van der Waals surface area contributed by atoms with Gasteiger partial charge in [-0.1, -0.05) is 12.1 Å². The number of hydrogen-bond acceptors (Lipinski definition) is 4. The van der Waals surface area contributed by atoms with Gasteiger partial charge in [0.25, 0.3) is 6.43 Å². The topological polar surface area (TPSA) is 66.3 Å². The SMILES string of the molecule is Cc1ccc(-c2cc(C(F)F)nc(N3CCCC3C(=O)O)n2)cc1C. The summed E-state index contributed by atoms with van der Waals surface area (Å²) >= 11 is 0. The molecule has 1 aromatic carbocycles. The molecule has 132 valence electrons. The summed E-state index contributed by atoms with van der Waals surface area (Å²) < 4.78 is 26.6. The van der Waals surface area contributed by atoms with Crippen LogP contribution >= 0.6 is 0 Å². The number of aryl methyl sites for hydroxylation is 2. The Kier molecular flexibility index (Phi) is 4.65. The van der Waals surface area contributed by atoms with E-state index < -0.39 is 24.1 Å². The lowest BCUT2D eigenvalue weighted by Crippen LogP contribution is -2.37. The number of aromatic nitrogens is 2. The third-order valence-electron chi connectivity index (χ3n) is 4.56. The summed E-state index contributed by atoms with van der Waals surface area (Å²) in [5, 5.41) is 9.33. The summed E-state index contributed by atoms with van der Waals surface area (Å²) in [6, 6.07) is 6.10. The fraction of sp³-hybridized carbons (Fsp3) is 0.389. The van der Waals surface area contributed by atoms with E-state index in [1.165, 1.54) is 11.0 Å². The Hall–Kier alpha value is -2.57. The number of halogens is 2. The minimum absolute atomic E-state index is 0.0518. The predicted octanol–water partition coefficient (Wildman–Crippen LogP) is 3.75. The van der Waals surface area contributed by atoms with Crippen molar-refractivity contribution in [3.8, 4) is 11.3 Å². The predicted molar refractivity (Wildman–Crippen MR) is 89.9 cm³/mol. The van der Waals surface area contributed by atoms with E-state index in [-0.39, 0.29) is 5.95 Å². The van der Waals surface area contributed by atoms with Crippen LogP contribution in [0.25, 0.3) is 11.3 Å². The van der Waals surface area contributed by atoms with Crippen molar-refractivity contribution in [2.75, 3.05) is 11.4 Å². The Balaban J connectivity index is 2.09.